The summed E-state index contributed by atoms with van der Waals surface area (Å²) >= 11 is 0. The van der Waals surface area contributed by atoms with Crippen molar-refractivity contribution in [1.82, 2.24) is 10.0 Å². The van der Waals surface area contributed by atoms with Gasteiger partial charge in [0.2, 0.25) is 10.0 Å². The van der Waals surface area contributed by atoms with E-state index in [4.69, 9.17) is 11.5 Å². The lowest BCUT2D eigenvalue weighted by atomic mass is 10.3. The van der Waals surface area contributed by atoms with E-state index in [1.165, 1.54) is 12.1 Å². The van der Waals surface area contributed by atoms with E-state index in [9.17, 15) is 21.6 Å². The number of benzene rings is 1. The van der Waals surface area contributed by atoms with Gasteiger partial charge in [-0.2, -0.15) is 0 Å². The van der Waals surface area contributed by atoms with E-state index in [1.807, 2.05) is 0 Å². The van der Waals surface area contributed by atoms with Crippen LogP contribution in [0, 0.1) is 0 Å². The molecule has 9 nitrogen and oxygen atoms in total. The molecule has 0 aliphatic carbocycles. The number of amides is 2. The van der Waals surface area contributed by atoms with Crippen LogP contribution in [0.5, 0.6) is 0 Å². The van der Waals surface area contributed by atoms with Crippen molar-refractivity contribution in [2.75, 3.05) is 25.1 Å². The Morgan fingerprint density at radius 2 is 1.81 bits per heavy atom. The van der Waals surface area contributed by atoms with Gasteiger partial charge in [0.15, 0.2) is 9.84 Å². The average Bonchev–Trinajstić information content (AvgIpc) is 2.33. The average molecular weight is 336 g/mol. The number of hydrogen-bond donors (Lipinski definition) is 4. The number of sulfonamides is 1. The topological polar surface area (TPSA) is 161 Å². The molecule has 0 heterocycles. The molecule has 1 rings (SSSR count). The Labute approximate surface area is 122 Å². The maximum atomic E-state index is 12.0. The molecule has 0 fully saturated rings. The second kappa shape index (κ2) is 6.28. The Kier molecular flexibility index (Phi) is 5.15. The van der Waals surface area contributed by atoms with E-state index in [0.717, 1.165) is 12.3 Å². The summed E-state index contributed by atoms with van der Waals surface area (Å²) in [6, 6.07) is 2.62. The predicted octanol–water partition coefficient (Wildman–Crippen LogP) is -1.38. The Hall–Kier alpha value is -1.85. The van der Waals surface area contributed by atoms with Gasteiger partial charge in [-0.15, -0.1) is 0 Å². The minimum atomic E-state index is -4.00. The highest BCUT2D eigenvalue weighted by molar-refractivity contribution is 7.91. The van der Waals surface area contributed by atoms with Crippen molar-refractivity contribution in [3.63, 3.8) is 0 Å². The van der Waals surface area contributed by atoms with E-state index in [1.54, 1.807) is 0 Å². The van der Waals surface area contributed by atoms with Crippen molar-refractivity contribution in [1.29, 1.82) is 0 Å². The van der Waals surface area contributed by atoms with Crippen LogP contribution in [-0.2, 0) is 19.9 Å². The van der Waals surface area contributed by atoms with Gasteiger partial charge in [-0.25, -0.2) is 26.4 Å². The number of primary amides is 1. The number of anilines is 1. The van der Waals surface area contributed by atoms with Crippen LogP contribution in [0.4, 0.5) is 10.5 Å². The Balaban J connectivity index is 3.00. The predicted molar refractivity (Wildman–Crippen MR) is 76.7 cm³/mol. The summed E-state index contributed by atoms with van der Waals surface area (Å²) in [6.45, 7) is -0.131. The quantitative estimate of drug-likeness (QED) is 0.369. The molecule has 0 saturated heterocycles. The number of nitrogens with one attached hydrogen (secondary N) is 2. The molecule has 0 aromatic heterocycles. The first-order valence-electron chi connectivity index (χ1n) is 5.66. The standard InChI is InChI=1S/C10H16N4O5S2/c1-20(16,17)7-2-3-8(11)9(6-7)21(18,19)14-5-4-13-10(12)15/h2-3,6,14H,4-5,11H2,1H3,(H3,12,13,15). The molecule has 11 heteroatoms. The number of urea groups is 1. The van der Waals surface area contributed by atoms with Crippen LogP contribution < -0.4 is 21.5 Å². The number of carbonyl (C=O) groups excluding carboxylic acids is 1. The highest BCUT2D eigenvalue weighted by atomic mass is 32.2. The molecule has 1 aromatic rings. The lowest BCUT2D eigenvalue weighted by molar-refractivity contribution is 0.249. The second-order valence-corrected chi connectivity index (χ2v) is 7.91. The second-order valence-electron chi connectivity index (χ2n) is 4.16. The minimum Gasteiger partial charge on any atom is -0.398 e. The molecular formula is C10H16N4O5S2. The molecule has 0 spiro atoms. The van der Waals surface area contributed by atoms with Gasteiger partial charge in [0.25, 0.3) is 0 Å². The summed E-state index contributed by atoms with van der Waals surface area (Å²) in [6.07, 6.45) is 0.957. The van der Waals surface area contributed by atoms with Crippen molar-refractivity contribution in [2.24, 2.45) is 5.73 Å². The molecule has 0 bridgehead atoms. The third-order valence-electron chi connectivity index (χ3n) is 2.42. The number of rotatable bonds is 6. The Morgan fingerprint density at radius 1 is 1.19 bits per heavy atom. The molecular weight excluding hydrogens is 320 g/mol. The summed E-state index contributed by atoms with van der Waals surface area (Å²) in [4.78, 5) is 9.95. The van der Waals surface area contributed by atoms with Crippen LogP contribution in [0.15, 0.2) is 28.0 Å². The van der Waals surface area contributed by atoms with Gasteiger partial charge in [-0.1, -0.05) is 0 Å². The van der Waals surface area contributed by atoms with Crippen molar-refractivity contribution in [3.05, 3.63) is 18.2 Å². The van der Waals surface area contributed by atoms with Gasteiger partial charge >= 0.3 is 6.03 Å². The van der Waals surface area contributed by atoms with Crippen LogP contribution in [0.3, 0.4) is 0 Å². The zero-order valence-electron chi connectivity index (χ0n) is 11.2. The van der Waals surface area contributed by atoms with Gasteiger partial charge in [-0.05, 0) is 18.2 Å². The Bertz CT molecular complexity index is 743. The molecule has 0 aliphatic heterocycles. The molecule has 1 aromatic carbocycles. The van der Waals surface area contributed by atoms with Crippen molar-refractivity contribution in [2.45, 2.75) is 9.79 Å². The summed E-state index contributed by atoms with van der Waals surface area (Å²) in [5, 5.41) is 2.20. The molecule has 0 unspecified atom stereocenters. The molecule has 0 atom stereocenters. The first-order valence-corrected chi connectivity index (χ1v) is 9.04. The number of nitrogens with two attached hydrogens (primary N) is 2. The normalized spacial score (nSPS) is 12.0. The molecule has 0 aliphatic rings. The number of nitrogen functional groups attached to an aromatic ring is 1. The fourth-order valence-corrected chi connectivity index (χ4v) is 3.34. The smallest absolute Gasteiger partial charge is 0.312 e. The van der Waals surface area contributed by atoms with Crippen LogP contribution in [0.25, 0.3) is 0 Å². The van der Waals surface area contributed by atoms with Crippen molar-refractivity contribution >= 4 is 31.6 Å². The molecule has 21 heavy (non-hydrogen) atoms. The fraction of sp³-hybridized carbons (Fsp3) is 0.300. The third-order valence-corrected chi connectivity index (χ3v) is 5.05. The molecule has 6 N–H and O–H groups in total. The monoisotopic (exact) mass is 336 g/mol. The summed E-state index contributed by atoms with van der Waals surface area (Å²) < 4.78 is 49.2. The maximum Gasteiger partial charge on any atom is 0.312 e. The van der Waals surface area contributed by atoms with Gasteiger partial charge in [0, 0.05) is 19.3 Å². The van der Waals surface area contributed by atoms with Gasteiger partial charge < -0.3 is 16.8 Å². The summed E-state index contributed by atoms with van der Waals surface area (Å²) in [7, 11) is -7.56. The van der Waals surface area contributed by atoms with E-state index >= 15 is 0 Å². The Morgan fingerprint density at radius 3 is 2.33 bits per heavy atom. The SMILES string of the molecule is CS(=O)(=O)c1ccc(N)c(S(=O)(=O)NCCNC(N)=O)c1. The summed E-state index contributed by atoms with van der Waals surface area (Å²) in [5.74, 6) is 0. The molecule has 2 amide bonds. The highest BCUT2D eigenvalue weighted by Gasteiger charge is 2.20. The third kappa shape index (κ3) is 4.88. The van der Waals surface area contributed by atoms with E-state index in [2.05, 4.69) is 10.0 Å². The van der Waals surface area contributed by atoms with Gasteiger partial charge in [0.05, 0.1) is 10.6 Å². The fourth-order valence-electron chi connectivity index (χ4n) is 1.43. The van der Waals surface area contributed by atoms with Crippen LogP contribution in [0.2, 0.25) is 0 Å². The van der Waals surface area contributed by atoms with Crippen molar-refractivity contribution < 1.29 is 21.6 Å². The zero-order valence-corrected chi connectivity index (χ0v) is 12.8. The lowest BCUT2D eigenvalue weighted by Gasteiger charge is -2.10. The number of carbonyl (C=O) groups is 1. The number of hydrogen-bond acceptors (Lipinski definition) is 6. The summed E-state index contributed by atoms with van der Waals surface area (Å²) in [5.41, 5.74) is 10.3. The van der Waals surface area contributed by atoms with Crippen LogP contribution in [0.1, 0.15) is 0 Å². The van der Waals surface area contributed by atoms with E-state index in [0.29, 0.717) is 0 Å². The number of sulfone groups is 1. The maximum absolute atomic E-state index is 12.0. The van der Waals surface area contributed by atoms with Crippen LogP contribution >= 0.6 is 0 Å². The zero-order chi connectivity index (χ0) is 16.3. The van der Waals surface area contributed by atoms with Crippen LogP contribution in [-0.4, -0.2) is 42.2 Å². The van der Waals surface area contributed by atoms with Crippen molar-refractivity contribution in [3.8, 4) is 0 Å². The highest BCUT2D eigenvalue weighted by Crippen LogP contribution is 2.22. The first kappa shape index (κ1) is 17.2. The van der Waals surface area contributed by atoms with E-state index < -0.39 is 25.9 Å². The molecule has 0 saturated carbocycles. The largest absolute Gasteiger partial charge is 0.398 e. The molecule has 118 valence electrons. The first-order chi connectivity index (χ1) is 9.54. The van der Waals surface area contributed by atoms with Gasteiger partial charge in [-0.3, -0.25) is 0 Å². The van der Waals surface area contributed by atoms with E-state index in [-0.39, 0.29) is 28.6 Å². The van der Waals surface area contributed by atoms with Gasteiger partial charge in [0.1, 0.15) is 4.90 Å². The molecule has 0 radical (unpaired) electrons. The minimum absolute atomic E-state index is 0.0137. The lowest BCUT2D eigenvalue weighted by Crippen LogP contribution is -2.37.